The first kappa shape index (κ1) is 10.1. The van der Waals surface area contributed by atoms with E-state index in [0.29, 0.717) is 12.1 Å². The van der Waals surface area contributed by atoms with Gasteiger partial charge in [0.1, 0.15) is 5.41 Å². The van der Waals surface area contributed by atoms with Crippen molar-refractivity contribution in [1.29, 1.82) is 0 Å². The van der Waals surface area contributed by atoms with Crippen molar-refractivity contribution in [1.82, 2.24) is 4.98 Å². The van der Waals surface area contributed by atoms with Gasteiger partial charge in [-0.3, -0.25) is 9.78 Å². The van der Waals surface area contributed by atoms with E-state index < -0.39 is 11.4 Å². The summed E-state index contributed by atoms with van der Waals surface area (Å²) in [6, 6.07) is 3.75. The van der Waals surface area contributed by atoms with Crippen LogP contribution in [0.4, 0.5) is 0 Å². The number of nitrogens with zero attached hydrogens (tertiary/aromatic N) is 1. The van der Waals surface area contributed by atoms with E-state index in [1.165, 1.54) is 0 Å². The monoisotopic (exact) mass is 205 g/mol. The van der Waals surface area contributed by atoms with Gasteiger partial charge in [-0.25, -0.2) is 0 Å². The van der Waals surface area contributed by atoms with Gasteiger partial charge in [0, 0.05) is 6.20 Å². The van der Waals surface area contributed by atoms with Crippen molar-refractivity contribution < 1.29 is 9.90 Å². The highest BCUT2D eigenvalue weighted by molar-refractivity contribution is 5.86. The van der Waals surface area contributed by atoms with Gasteiger partial charge in [0.15, 0.2) is 0 Å². The van der Waals surface area contributed by atoms with Gasteiger partial charge in [0.05, 0.1) is 5.69 Å². The summed E-state index contributed by atoms with van der Waals surface area (Å²) in [7, 11) is 0. The third-order valence-corrected chi connectivity index (χ3v) is 3.45. The van der Waals surface area contributed by atoms with Gasteiger partial charge in [0.25, 0.3) is 0 Å². The van der Waals surface area contributed by atoms with Crippen LogP contribution in [0.25, 0.3) is 0 Å². The summed E-state index contributed by atoms with van der Waals surface area (Å²) in [6.45, 7) is 5.90. The zero-order valence-electron chi connectivity index (χ0n) is 9.24. The molecule has 1 N–H and O–H groups in total. The lowest BCUT2D eigenvalue weighted by atomic mass is 9.92. The zero-order chi connectivity index (χ0) is 11.3. The minimum atomic E-state index is -0.763. The molecule has 15 heavy (non-hydrogen) atoms. The third-order valence-electron chi connectivity index (χ3n) is 3.45. The summed E-state index contributed by atoms with van der Waals surface area (Å²) in [4.78, 5) is 15.6. The Balaban J connectivity index is 2.45. The van der Waals surface area contributed by atoms with E-state index in [1.54, 1.807) is 6.20 Å². The predicted molar refractivity (Wildman–Crippen MR) is 56.7 cm³/mol. The number of carbonyl (C=O) groups is 1. The summed E-state index contributed by atoms with van der Waals surface area (Å²) in [5.74, 6) is -0.760. The molecule has 1 heterocycles. The van der Waals surface area contributed by atoms with Gasteiger partial charge in [-0.2, -0.15) is 0 Å². The third kappa shape index (κ3) is 1.26. The van der Waals surface area contributed by atoms with E-state index in [4.69, 9.17) is 0 Å². The first-order valence-corrected chi connectivity index (χ1v) is 5.07. The predicted octanol–water partition coefficient (Wildman–Crippen LogP) is 2.14. The Hall–Kier alpha value is -1.38. The molecule has 1 aromatic rings. The van der Waals surface area contributed by atoms with Gasteiger partial charge in [-0.15, -0.1) is 0 Å². The number of hydrogen-bond acceptors (Lipinski definition) is 2. The number of rotatable bonds is 2. The molecule has 0 aliphatic heterocycles. The molecule has 1 atom stereocenters. The first-order valence-electron chi connectivity index (χ1n) is 5.07. The molecule has 1 aromatic heterocycles. The van der Waals surface area contributed by atoms with E-state index in [-0.39, 0.29) is 5.41 Å². The smallest absolute Gasteiger partial charge is 0.316 e. The van der Waals surface area contributed by atoms with E-state index in [9.17, 15) is 9.90 Å². The van der Waals surface area contributed by atoms with Crippen LogP contribution in [0.15, 0.2) is 18.3 Å². The van der Waals surface area contributed by atoms with Crippen molar-refractivity contribution in [3.8, 4) is 0 Å². The fourth-order valence-corrected chi connectivity index (χ4v) is 2.25. The van der Waals surface area contributed by atoms with E-state index in [2.05, 4.69) is 4.98 Å². The molecule has 3 heteroatoms. The lowest BCUT2D eigenvalue weighted by Gasteiger charge is -2.14. The number of hydrogen-bond donors (Lipinski definition) is 1. The van der Waals surface area contributed by atoms with Crippen LogP contribution in [0, 0.1) is 12.3 Å². The molecular weight excluding hydrogens is 190 g/mol. The fourth-order valence-electron chi connectivity index (χ4n) is 2.25. The highest BCUT2D eigenvalue weighted by Crippen LogP contribution is 2.63. The molecule has 0 aromatic carbocycles. The lowest BCUT2D eigenvalue weighted by molar-refractivity contribution is -0.141. The van der Waals surface area contributed by atoms with Crippen molar-refractivity contribution in [2.45, 2.75) is 32.6 Å². The quantitative estimate of drug-likeness (QED) is 0.804. The number of carboxylic acids is 1. The summed E-state index contributed by atoms with van der Waals surface area (Å²) in [5, 5.41) is 9.32. The van der Waals surface area contributed by atoms with Gasteiger partial charge >= 0.3 is 5.97 Å². The maximum atomic E-state index is 11.3. The Kier molecular flexibility index (Phi) is 1.90. The largest absolute Gasteiger partial charge is 0.481 e. The molecule has 0 bridgehead atoms. The van der Waals surface area contributed by atoms with Crippen molar-refractivity contribution in [3.63, 3.8) is 0 Å². The second-order valence-corrected chi connectivity index (χ2v) is 4.99. The standard InChI is InChI=1S/C12H15NO2/c1-8-4-5-9(13-6-8)12(10(14)15)7-11(12,2)3/h4-6H,7H2,1-3H3,(H,14,15). The van der Waals surface area contributed by atoms with Crippen molar-refractivity contribution in [2.75, 3.05) is 0 Å². The number of pyridine rings is 1. The maximum absolute atomic E-state index is 11.3. The average molecular weight is 205 g/mol. The lowest BCUT2D eigenvalue weighted by Crippen LogP contribution is -2.26. The number of aliphatic carboxylic acids is 1. The van der Waals surface area contributed by atoms with Gasteiger partial charge < -0.3 is 5.11 Å². The summed E-state index contributed by atoms with van der Waals surface area (Å²) >= 11 is 0. The van der Waals surface area contributed by atoms with E-state index in [0.717, 1.165) is 5.56 Å². The van der Waals surface area contributed by atoms with Gasteiger partial charge in [-0.05, 0) is 30.4 Å². The van der Waals surface area contributed by atoms with Gasteiger partial charge in [-0.1, -0.05) is 19.9 Å². The average Bonchev–Trinajstić information content (AvgIpc) is 2.72. The number of aromatic nitrogens is 1. The Morgan fingerprint density at radius 1 is 1.47 bits per heavy atom. The molecule has 1 aliphatic carbocycles. The summed E-state index contributed by atoms with van der Waals surface area (Å²) in [5.41, 5.74) is 0.797. The Labute approximate surface area is 89.2 Å². The zero-order valence-corrected chi connectivity index (χ0v) is 9.24. The second-order valence-electron chi connectivity index (χ2n) is 4.99. The molecule has 0 spiro atoms. The Morgan fingerprint density at radius 2 is 2.07 bits per heavy atom. The molecule has 0 amide bonds. The summed E-state index contributed by atoms with van der Waals surface area (Å²) < 4.78 is 0. The van der Waals surface area contributed by atoms with Crippen molar-refractivity contribution in [2.24, 2.45) is 5.41 Å². The SMILES string of the molecule is Cc1ccc(C2(C(=O)O)CC2(C)C)nc1. The molecule has 3 nitrogen and oxygen atoms in total. The summed E-state index contributed by atoms with van der Waals surface area (Å²) in [6.07, 6.45) is 2.40. The number of carboxylic acid groups (broad SMARTS) is 1. The molecule has 0 saturated heterocycles. The molecule has 80 valence electrons. The van der Waals surface area contributed by atoms with Crippen LogP contribution in [0.1, 0.15) is 31.5 Å². The minimum Gasteiger partial charge on any atom is -0.481 e. The van der Waals surface area contributed by atoms with Crippen LogP contribution in [-0.4, -0.2) is 16.1 Å². The minimum absolute atomic E-state index is 0.179. The maximum Gasteiger partial charge on any atom is 0.316 e. The molecule has 1 fully saturated rings. The Bertz CT molecular complexity index is 408. The Morgan fingerprint density at radius 3 is 2.40 bits per heavy atom. The second kappa shape index (κ2) is 2.81. The van der Waals surface area contributed by atoms with Crippen LogP contribution >= 0.6 is 0 Å². The van der Waals surface area contributed by atoms with Crippen molar-refractivity contribution >= 4 is 5.97 Å². The molecular formula is C12H15NO2. The molecule has 1 saturated carbocycles. The topological polar surface area (TPSA) is 50.2 Å². The van der Waals surface area contributed by atoms with Crippen LogP contribution in [0.2, 0.25) is 0 Å². The van der Waals surface area contributed by atoms with Crippen molar-refractivity contribution in [3.05, 3.63) is 29.6 Å². The van der Waals surface area contributed by atoms with Crippen LogP contribution in [0.3, 0.4) is 0 Å². The van der Waals surface area contributed by atoms with Crippen LogP contribution in [-0.2, 0) is 10.2 Å². The molecule has 1 unspecified atom stereocenters. The molecule has 0 radical (unpaired) electrons. The van der Waals surface area contributed by atoms with Gasteiger partial charge in [0.2, 0.25) is 0 Å². The molecule has 2 rings (SSSR count). The van der Waals surface area contributed by atoms with Crippen LogP contribution < -0.4 is 0 Å². The normalized spacial score (nSPS) is 27.4. The first-order chi connectivity index (χ1) is 6.90. The molecule has 1 aliphatic rings. The van der Waals surface area contributed by atoms with E-state index in [1.807, 2.05) is 32.9 Å². The van der Waals surface area contributed by atoms with Crippen LogP contribution in [0.5, 0.6) is 0 Å². The highest BCUT2D eigenvalue weighted by Gasteiger charge is 2.68. The van der Waals surface area contributed by atoms with E-state index >= 15 is 0 Å². The number of aryl methyl sites for hydroxylation is 1. The fraction of sp³-hybridized carbons (Fsp3) is 0.500. The highest BCUT2D eigenvalue weighted by atomic mass is 16.4.